The van der Waals surface area contributed by atoms with E-state index in [0.29, 0.717) is 6.42 Å². The number of fused-ring (bicyclic) bond motifs is 1. The number of hydrogen-bond donors (Lipinski definition) is 0. The maximum atomic E-state index is 10.6. The van der Waals surface area contributed by atoms with E-state index < -0.39 is 0 Å². The molecule has 0 spiro atoms. The first-order chi connectivity index (χ1) is 8.38. The fourth-order valence-corrected chi connectivity index (χ4v) is 2.77. The molecule has 0 saturated carbocycles. The Balaban J connectivity index is 2.11. The van der Waals surface area contributed by atoms with Crippen molar-refractivity contribution in [3.63, 3.8) is 0 Å². The van der Waals surface area contributed by atoms with Crippen LogP contribution in [0.1, 0.15) is 5.69 Å². The van der Waals surface area contributed by atoms with Gasteiger partial charge in [-0.05, 0) is 5.56 Å². The zero-order valence-electron chi connectivity index (χ0n) is 9.17. The average molecular weight is 243 g/mol. The van der Waals surface area contributed by atoms with Crippen LogP contribution >= 0.6 is 11.3 Å². The van der Waals surface area contributed by atoms with Crippen molar-refractivity contribution in [3.05, 3.63) is 47.6 Å². The Hall–Kier alpha value is -1.65. The van der Waals surface area contributed by atoms with Crippen molar-refractivity contribution < 1.29 is 5.11 Å². The molecule has 0 aliphatic heterocycles. The predicted octanol–water partition coefficient (Wildman–Crippen LogP) is 3.04. The zero-order chi connectivity index (χ0) is 11.7. The maximum absolute atomic E-state index is 10.6. The van der Waals surface area contributed by atoms with E-state index in [9.17, 15) is 5.11 Å². The van der Waals surface area contributed by atoms with Gasteiger partial charge in [-0.15, -0.1) is 11.3 Å². The van der Waals surface area contributed by atoms with Gasteiger partial charge in [0, 0.05) is 18.0 Å². The van der Waals surface area contributed by atoms with Gasteiger partial charge < -0.3 is 0 Å². The van der Waals surface area contributed by atoms with Gasteiger partial charge in [0.05, 0.1) is 18.0 Å². The average Bonchev–Trinajstić information content (AvgIpc) is 2.90. The molecule has 0 N–H and O–H groups in total. The van der Waals surface area contributed by atoms with Crippen molar-refractivity contribution in [2.75, 3.05) is 6.61 Å². The van der Waals surface area contributed by atoms with Gasteiger partial charge >= 0.3 is 0 Å². The molecule has 3 nitrogen and oxygen atoms in total. The third kappa shape index (κ3) is 1.85. The molecule has 0 saturated heterocycles. The quantitative estimate of drug-likeness (QED) is 0.696. The van der Waals surface area contributed by atoms with E-state index in [1.165, 1.54) is 5.56 Å². The van der Waals surface area contributed by atoms with Crippen LogP contribution in [0, 0.1) is 0 Å². The number of imidazole rings is 1. The SMILES string of the molecule is [O]CCc1cn2c(-c3ccccc3)csc2n1. The van der Waals surface area contributed by atoms with Crippen molar-refractivity contribution in [2.45, 2.75) is 6.42 Å². The van der Waals surface area contributed by atoms with Gasteiger partial charge in [0.25, 0.3) is 0 Å². The normalized spacial score (nSPS) is 11.1. The van der Waals surface area contributed by atoms with E-state index in [2.05, 4.69) is 26.9 Å². The Morgan fingerprint density at radius 2 is 2.06 bits per heavy atom. The van der Waals surface area contributed by atoms with Crippen molar-refractivity contribution >= 4 is 16.3 Å². The minimum absolute atomic E-state index is 0.106. The molecule has 0 unspecified atom stereocenters. The molecule has 4 heteroatoms. The number of rotatable bonds is 3. The van der Waals surface area contributed by atoms with Crippen LogP contribution in [0.25, 0.3) is 16.2 Å². The highest BCUT2D eigenvalue weighted by atomic mass is 32.1. The molecule has 0 amide bonds. The Labute approximate surface area is 103 Å². The van der Waals surface area contributed by atoms with Gasteiger partial charge in [-0.2, -0.15) is 0 Å². The van der Waals surface area contributed by atoms with Gasteiger partial charge in [0.15, 0.2) is 4.96 Å². The molecule has 0 aliphatic carbocycles. The summed E-state index contributed by atoms with van der Waals surface area (Å²) in [7, 11) is 0. The topological polar surface area (TPSA) is 37.2 Å². The van der Waals surface area contributed by atoms with Crippen LogP contribution in [-0.2, 0) is 11.5 Å². The highest BCUT2D eigenvalue weighted by Crippen LogP contribution is 2.26. The number of hydrogen-bond acceptors (Lipinski definition) is 2. The van der Waals surface area contributed by atoms with E-state index in [1.54, 1.807) is 11.3 Å². The lowest BCUT2D eigenvalue weighted by molar-refractivity contribution is 0.196. The molecule has 2 heterocycles. The lowest BCUT2D eigenvalue weighted by Gasteiger charge is -1.98. The number of nitrogens with zero attached hydrogens (tertiary/aromatic N) is 2. The molecular weight excluding hydrogens is 232 g/mol. The summed E-state index contributed by atoms with van der Waals surface area (Å²) >= 11 is 1.61. The molecule has 3 rings (SSSR count). The van der Waals surface area contributed by atoms with Gasteiger partial charge in [-0.25, -0.2) is 10.1 Å². The predicted molar refractivity (Wildman–Crippen MR) is 67.8 cm³/mol. The van der Waals surface area contributed by atoms with Gasteiger partial charge in [-0.1, -0.05) is 30.3 Å². The van der Waals surface area contributed by atoms with Crippen LogP contribution in [0.5, 0.6) is 0 Å². The standard InChI is InChI=1S/C13H11N2OS/c16-7-6-11-8-15-12(9-17-13(15)14-11)10-4-2-1-3-5-10/h1-5,8-9H,6-7H2. The third-order valence-electron chi connectivity index (χ3n) is 2.69. The van der Waals surface area contributed by atoms with Crippen LogP contribution < -0.4 is 0 Å². The zero-order valence-corrected chi connectivity index (χ0v) is 9.98. The van der Waals surface area contributed by atoms with Gasteiger partial charge in [0.2, 0.25) is 0 Å². The minimum Gasteiger partial charge on any atom is -0.290 e. The summed E-state index contributed by atoms with van der Waals surface area (Å²) in [4.78, 5) is 5.38. The highest BCUT2D eigenvalue weighted by molar-refractivity contribution is 7.15. The van der Waals surface area contributed by atoms with E-state index in [0.717, 1.165) is 16.3 Å². The summed E-state index contributed by atoms with van der Waals surface area (Å²) in [5, 5.41) is 12.7. The maximum Gasteiger partial charge on any atom is 0.194 e. The summed E-state index contributed by atoms with van der Waals surface area (Å²) in [6.07, 6.45) is 2.47. The molecular formula is C13H11N2OS. The Kier molecular flexibility index (Phi) is 2.66. The van der Waals surface area contributed by atoms with Crippen molar-refractivity contribution in [1.29, 1.82) is 0 Å². The van der Waals surface area contributed by atoms with E-state index in [1.807, 2.05) is 24.4 Å². The van der Waals surface area contributed by atoms with Crippen LogP contribution in [0.2, 0.25) is 0 Å². The Bertz CT molecular complexity index is 627. The molecule has 2 aromatic heterocycles. The molecule has 0 atom stereocenters. The molecule has 0 fully saturated rings. The van der Waals surface area contributed by atoms with Crippen LogP contribution in [0.3, 0.4) is 0 Å². The summed E-state index contributed by atoms with van der Waals surface area (Å²) in [5.41, 5.74) is 3.18. The fraction of sp³-hybridized carbons (Fsp3) is 0.154. The second-order valence-corrected chi connectivity index (χ2v) is 4.66. The fourth-order valence-electron chi connectivity index (χ4n) is 1.87. The van der Waals surface area contributed by atoms with E-state index in [4.69, 9.17) is 0 Å². The van der Waals surface area contributed by atoms with E-state index >= 15 is 0 Å². The lowest BCUT2D eigenvalue weighted by atomic mass is 10.2. The van der Waals surface area contributed by atoms with Gasteiger partial charge in [0.1, 0.15) is 0 Å². The molecule has 0 aliphatic rings. The second kappa shape index (κ2) is 4.31. The first-order valence-corrected chi connectivity index (χ1v) is 6.35. The van der Waals surface area contributed by atoms with Crippen molar-refractivity contribution in [2.24, 2.45) is 0 Å². The second-order valence-electron chi connectivity index (χ2n) is 3.83. The summed E-state index contributed by atoms with van der Waals surface area (Å²) in [6, 6.07) is 10.2. The lowest BCUT2D eigenvalue weighted by Crippen LogP contribution is -1.88. The monoisotopic (exact) mass is 243 g/mol. The minimum atomic E-state index is -0.106. The summed E-state index contributed by atoms with van der Waals surface area (Å²) < 4.78 is 2.06. The Morgan fingerprint density at radius 1 is 1.24 bits per heavy atom. The highest BCUT2D eigenvalue weighted by Gasteiger charge is 2.08. The molecule has 1 radical (unpaired) electrons. The molecule has 17 heavy (non-hydrogen) atoms. The van der Waals surface area contributed by atoms with Crippen LogP contribution in [0.15, 0.2) is 41.9 Å². The van der Waals surface area contributed by atoms with Crippen LogP contribution in [0.4, 0.5) is 0 Å². The van der Waals surface area contributed by atoms with Gasteiger partial charge in [-0.3, -0.25) is 4.40 Å². The first-order valence-electron chi connectivity index (χ1n) is 5.47. The van der Waals surface area contributed by atoms with Crippen LogP contribution in [-0.4, -0.2) is 16.0 Å². The summed E-state index contributed by atoms with van der Waals surface area (Å²) in [6.45, 7) is -0.106. The number of benzene rings is 1. The smallest absolute Gasteiger partial charge is 0.194 e. The summed E-state index contributed by atoms with van der Waals surface area (Å²) in [5.74, 6) is 0. The molecule has 3 aromatic rings. The Morgan fingerprint density at radius 3 is 2.82 bits per heavy atom. The third-order valence-corrected chi connectivity index (χ3v) is 3.53. The first kappa shape index (κ1) is 10.5. The number of thiazole rings is 1. The molecule has 0 bridgehead atoms. The van der Waals surface area contributed by atoms with Crippen molar-refractivity contribution in [1.82, 2.24) is 9.38 Å². The largest absolute Gasteiger partial charge is 0.290 e. The molecule has 1 aromatic carbocycles. The number of aromatic nitrogens is 2. The van der Waals surface area contributed by atoms with E-state index in [-0.39, 0.29) is 6.61 Å². The van der Waals surface area contributed by atoms with Crippen molar-refractivity contribution in [3.8, 4) is 11.3 Å². The molecule has 85 valence electrons.